The van der Waals surface area contributed by atoms with Crippen LogP contribution in [0.5, 0.6) is 0 Å². The quantitative estimate of drug-likeness (QED) is 0.316. The van der Waals surface area contributed by atoms with Crippen molar-refractivity contribution in [3.8, 4) is 11.1 Å². The minimum atomic E-state index is 0. The molecule has 3 aliphatic carbocycles. The van der Waals surface area contributed by atoms with E-state index < -0.39 is 0 Å². The Balaban J connectivity index is 0.00000128. The molecule has 0 fully saturated rings. The summed E-state index contributed by atoms with van der Waals surface area (Å²) in [7, 11) is 0. The fraction of sp³-hybridized carbons (Fsp3) is 0.586. The SMILES string of the molecule is CC1(C)CCC(C)(C)c2cc3c(cc21)Cc1cc2c(cc1-3)C(C)(C)C[CH]([Zr+3])C2(C)C.[Cl-].[Cl-].[Cl-]. The number of benzene rings is 2. The van der Waals surface area contributed by atoms with Crippen molar-refractivity contribution < 1.29 is 61.9 Å². The Morgan fingerprint density at radius 1 is 0.606 bits per heavy atom. The van der Waals surface area contributed by atoms with Gasteiger partial charge >= 0.3 is 200 Å². The number of hydrogen-bond acceptors (Lipinski definition) is 0. The van der Waals surface area contributed by atoms with Gasteiger partial charge in [0.15, 0.2) is 0 Å². The molecule has 2 aromatic rings. The van der Waals surface area contributed by atoms with E-state index in [2.05, 4.69) is 79.7 Å². The third-order valence-electron chi connectivity index (χ3n) is 9.00. The average molecular weight is 583 g/mol. The molecular weight excluding hydrogens is 546 g/mol. The Kier molecular flexibility index (Phi) is 7.97. The van der Waals surface area contributed by atoms with Crippen LogP contribution in [0.2, 0.25) is 3.63 Å². The molecule has 0 nitrogen and oxygen atoms in total. The molecule has 0 heterocycles. The summed E-state index contributed by atoms with van der Waals surface area (Å²) in [4.78, 5) is 0. The van der Waals surface area contributed by atoms with E-state index in [-0.39, 0.29) is 58.9 Å². The molecule has 0 saturated carbocycles. The first-order valence-corrected chi connectivity index (χ1v) is 13.2. The Hall–Kier alpha value is 0.193. The number of rotatable bonds is 0. The molecule has 0 spiro atoms. The Labute approximate surface area is 235 Å². The van der Waals surface area contributed by atoms with Crippen molar-refractivity contribution in [2.24, 2.45) is 0 Å². The summed E-state index contributed by atoms with van der Waals surface area (Å²) in [5, 5.41) is 0. The van der Waals surface area contributed by atoms with Crippen LogP contribution in [0.4, 0.5) is 0 Å². The minimum absolute atomic E-state index is 0. The summed E-state index contributed by atoms with van der Waals surface area (Å²) >= 11 is 1.69. The van der Waals surface area contributed by atoms with E-state index in [0.717, 1.165) is 10.0 Å². The Bertz CT molecular complexity index is 1080. The van der Waals surface area contributed by atoms with Gasteiger partial charge < -0.3 is 37.2 Å². The van der Waals surface area contributed by atoms with Crippen LogP contribution in [0.1, 0.15) is 108 Å². The normalized spacial score (nSPS) is 24.0. The summed E-state index contributed by atoms with van der Waals surface area (Å²) in [5.74, 6) is 0. The van der Waals surface area contributed by atoms with Crippen molar-refractivity contribution in [3.05, 3.63) is 57.6 Å². The monoisotopic (exact) mass is 580 g/mol. The van der Waals surface area contributed by atoms with Crippen LogP contribution in [0.3, 0.4) is 0 Å². The number of hydrogen-bond donors (Lipinski definition) is 0. The van der Waals surface area contributed by atoms with E-state index in [0.29, 0.717) is 0 Å². The molecule has 1 unspecified atom stereocenters. The van der Waals surface area contributed by atoms with Crippen molar-refractivity contribution in [2.75, 3.05) is 0 Å². The summed E-state index contributed by atoms with van der Waals surface area (Å²) in [6.07, 6.45) is 4.99. The summed E-state index contributed by atoms with van der Waals surface area (Å²) in [6.45, 7) is 19.7. The molecule has 3 aliphatic rings. The fourth-order valence-corrected chi connectivity index (χ4v) is 8.10. The van der Waals surface area contributed by atoms with E-state index in [4.69, 9.17) is 0 Å². The van der Waals surface area contributed by atoms with Crippen LogP contribution in [0.25, 0.3) is 11.1 Å². The predicted octanol–water partition coefficient (Wildman–Crippen LogP) is -1.09. The summed E-state index contributed by atoms with van der Waals surface area (Å²) < 4.78 is 0.794. The van der Waals surface area contributed by atoms with E-state index >= 15 is 0 Å². The molecule has 0 N–H and O–H groups in total. The Morgan fingerprint density at radius 2 is 1.00 bits per heavy atom. The van der Waals surface area contributed by atoms with Crippen molar-refractivity contribution in [3.63, 3.8) is 0 Å². The first-order chi connectivity index (χ1) is 13.7. The molecule has 0 radical (unpaired) electrons. The second-order valence-electron chi connectivity index (χ2n) is 12.9. The van der Waals surface area contributed by atoms with Gasteiger partial charge in [-0.25, -0.2) is 0 Å². The zero-order valence-electron chi connectivity index (χ0n) is 21.3. The zero-order valence-corrected chi connectivity index (χ0v) is 26.1. The minimum Gasteiger partial charge on any atom is -1.00 e. The van der Waals surface area contributed by atoms with Crippen LogP contribution in [0.15, 0.2) is 24.3 Å². The maximum absolute atomic E-state index is 2.61. The van der Waals surface area contributed by atoms with Crippen LogP contribution >= 0.6 is 0 Å². The first-order valence-electron chi connectivity index (χ1n) is 11.8. The molecule has 0 aromatic heterocycles. The number of fused-ring (bicyclic) bond motifs is 5. The molecule has 1 atom stereocenters. The maximum Gasteiger partial charge on any atom is -1.00 e. The molecule has 0 amide bonds. The Morgan fingerprint density at radius 3 is 1.48 bits per heavy atom. The van der Waals surface area contributed by atoms with Gasteiger partial charge in [0.2, 0.25) is 0 Å². The molecule has 0 saturated heterocycles. The van der Waals surface area contributed by atoms with Gasteiger partial charge in [-0.3, -0.25) is 0 Å². The van der Waals surface area contributed by atoms with Crippen LogP contribution in [-0.2, 0) is 52.8 Å². The predicted molar refractivity (Wildman–Crippen MR) is 124 cm³/mol. The van der Waals surface area contributed by atoms with Crippen molar-refractivity contribution in [1.29, 1.82) is 0 Å². The standard InChI is InChI=1S/C29H37.3ClH.Zr/c1-26(2)9-11-28(5,6)24-16-20-18(14-22(24)26)13-19-15-23-25(17-21(19)20)29(7,8)12-10-27(23,3)4;;;;/h9,14-17H,10-13H2,1-8H3;3*1H;/q;;;;+3/p-3. The van der Waals surface area contributed by atoms with Crippen LogP contribution in [-0.4, -0.2) is 0 Å². The molecule has 33 heavy (non-hydrogen) atoms. The summed E-state index contributed by atoms with van der Waals surface area (Å²) in [5.41, 5.74) is 13.7. The van der Waals surface area contributed by atoms with Crippen LogP contribution < -0.4 is 37.2 Å². The third kappa shape index (κ3) is 4.34. The van der Waals surface area contributed by atoms with Gasteiger partial charge in [-0.05, 0) is 0 Å². The van der Waals surface area contributed by atoms with E-state index in [1.807, 2.05) is 0 Å². The van der Waals surface area contributed by atoms with E-state index in [1.165, 1.54) is 30.4 Å². The van der Waals surface area contributed by atoms with Crippen molar-refractivity contribution in [2.45, 2.75) is 106 Å². The molecule has 0 bridgehead atoms. The van der Waals surface area contributed by atoms with Crippen molar-refractivity contribution >= 4 is 0 Å². The first kappa shape index (κ1) is 29.4. The van der Waals surface area contributed by atoms with Gasteiger partial charge in [-0.15, -0.1) is 0 Å². The summed E-state index contributed by atoms with van der Waals surface area (Å²) in [6, 6.07) is 10.4. The van der Waals surface area contributed by atoms with Gasteiger partial charge in [0.25, 0.3) is 0 Å². The molecular formula is C29H37Cl3Zr. The average Bonchev–Trinajstić information content (AvgIpc) is 2.99. The second-order valence-corrected chi connectivity index (χ2v) is 14.6. The van der Waals surface area contributed by atoms with Gasteiger partial charge in [-0.2, -0.15) is 0 Å². The topological polar surface area (TPSA) is 0 Å². The fourth-order valence-electron chi connectivity index (χ4n) is 6.46. The van der Waals surface area contributed by atoms with Gasteiger partial charge in [-0.1, -0.05) is 0 Å². The van der Waals surface area contributed by atoms with Gasteiger partial charge in [0.1, 0.15) is 0 Å². The van der Waals surface area contributed by atoms with Gasteiger partial charge in [0, 0.05) is 0 Å². The van der Waals surface area contributed by atoms with E-state index in [1.54, 1.807) is 58.1 Å². The second kappa shape index (κ2) is 8.94. The van der Waals surface area contributed by atoms with Crippen LogP contribution in [0, 0.1) is 0 Å². The third-order valence-corrected chi connectivity index (χ3v) is 11.3. The molecule has 4 heteroatoms. The molecule has 5 rings (SSSR count). The molecule has 0 aliphatic heterocycles. The van der Waals surface area contributed by atoms with Crippen molar-refractivity contribution in [1.82, 2.24) is 0 Å². The smallest absolute Gasteiger partial charge is 1.00 e. The van der Waals surface area contributed by atoms with E-state index in [9.17, 15) is 0 Å². The largest absolute Gasteiger partial charge is 1.00 e. The maximum atomic E-state index is 2.61. The number of halogens is 3. The molecule has 178 valence electrons. The zero-order chi connectivity index (χ0) is 21.9. The molecule has 2 aromatic carbocycles. The van der Waals surface area contributed by atoms with Gasteiger partial charge in [0.05, 0.1) is 0 Å².